The van der Waals surface area contributed by atoms with Crippen LogP contribution in [0.2, 0.25) is 0 Å². The second-order valence-electron chi connectivity index (χ2n) is 4.66. The van der Waals surface area contributed by atoms with E-state index in [1.54, 1.807) is 24.3 Å². The van der Waals surface area contributed by atoms with Gasteiger partial charge in [-0.25, -0.2) is 17.8 Å². The number of hydrogen-bond acceptors (Lipinski definition) is 3. The molecule has 0 aliphatic heterocycles. The topological polar surface area (TPSA) is 70.6 Å². The van der Waals surface area contributed by atoms with Crippen LogP contribution in [0.4, 0.5) is 10.1 Å². The molecule has 0 aliphatic carbocycles. The Labute approximate surface area is 129 Å². The van der Waals surface area contributed by atoms with Gasteiger partial charge in [-0.15, -0.1) is 0 Å². The molecule has 2 rings (SSSR count). The normalized spacial score (nSPS) is 12.0. The lowest BCUT2D eigenvalue weighted by Crippen LogP contribution is -2.35. The lowest BCUT2D eigenvalue weighted by molar-refractivity contribution is 0.598. The van der Waals surface area contributed by atoms with Gasteiger partial charge in [0.1, 0.15) is 5.82 Å². The molecule has 2 N–H and O–H groups in total. The van der Waals surface area contributed by atoms with Crippen molar-refractivity contribution in [3.05, 3.63) is 66.0 Å². The highest BCUT2D eigenvalue weighted by Gasteiger charge is 2.07. The summed E-state index contributed by atoms with van der Waals surface area (Å²) < 4.78 is 38.3. The van der Waals surface area contributed by atoms with E-state index in [0.29, 0.717) is 11.3 Å². The highest BCUT2D eigenvalue weighted by Crippen LogP contribution is 2.07. The van der Waals surface area contributed by atoms with Crippen LogP contribution in [0.3, 0.4) is 0 Å². The van der Waals surface area contributed by atoms with E-state index in [-0.39, 0.29) is 18.3 Å². The molecule has 7 heteroatoms. The van der Waals surface area contributed by atoms with Gasteiger partial charge in [0.15, 0.2) is 0 Å². The Bertz CT molecular complexity index is 761. The predicted octanol–water partition coefficient (Wildman–Crippen LogP) is 2.34. The summed E-state index contributed by atoms with van der Waals surface area (Å²) in [5, 5.41) is 2.89. The minimum absolute atomic E-state index is 0.0814. The molecule has 0 fully saturated rings. The zero-order chi connectivity index (χ0) is 16.0. The summed E-state index contributed by atoms with van der Waals surface area (Å²) in [7, 11) is -3.47. The average Bonchev–Trinajstić information content (AvgIpc) is 2.44. The zero-order valence-corrected chi connectivity index (χ0v) is 12.8. The number of nitrogens with one attached hydrogen (secondary N) is 2. The van der Waals surface area contributed by atoms with Crippen LogP contribution in [0.15, 0.2) is 59.6 Å². The molecule has 0 radical (unpaired) electrons. The van der Waals surface area contributed by atoms with Gasteiger partial charge in [-0.2, -0.15) is 0 Å². The van der Waals surface area contributed by atoms with Gasteiger partial charge in [0, 0.05) is 5.69 Å². The Morgan fingerprint density at radius 3 is 2.50 bits per heavy atom. The molecule has 0 amide bonds. The van der Waals surface area contributed by atoms with Crippen molar-refractivity contribution < 1.29 is 12.8 Å². The molecule has 22 heavy (non-hydrogen) atoms. The number of hydrogen-bond donors (Lipinski definition) is 2. The lowest BCUT2D eigenvalue weighted by Gasteiger charge is -2.11. The maximum absolute atomic E-state index is 13.1. The van der Waals surface area contributed by atoms with Crippen LogP contribution in [0.5, 0.6) is 0 Å². The molecular formula is C15H16FN3O2S. The fourth-order valence-corrected chi connectivity index (χ4v) is 2.20. The van der Waals surface area contributed by atoms with Crippen molar-refractivity contribution in [3.63, 3.8) is 0 Å². The van der Waals surface area contributed by atoms with Crippen molar-refractivity contribution >= 4 is 21.7 Å². The van der Waals surface area contributed by atoms with Crippen molar-refractivity contribution in [2.24, 2.45) is 4.99 Å². The molecule has 0 aromatic heterocycles. The predicted molar refractivity (Wildman–Crippen MR) is 85.6 cm³/mol. The number of sulfonamides is 1. The van der Waals surface area contributed by atoms with E-state index in [2.05, 4.69) is 15.0 Å². The first-order valence-electron chi connectivity index (χ1n) is 6.51. The van der Waals surface area contributed by atoms with E-state index in [9.17, 15) is 12.8 Å². The SMILES string of the molecule is CS(=O)(=O)NC(=NCc1cccc(F)c1)Nc1ccccc1. The summed E-state index contributed by atoms with van der Waals surface area (Å²) in [5.41, 5.74) is 1.33. The molecule has 0 heterocycles. The van der Waals surface area contributed by atoms with Crippen LogP contribution in [-0.2, 0) is 16.6 Å². The maximum Gasteiger partial charge on any atom is 0.232 e. The first-order chi connectivity index (χ1) is 10.4. The third-order valence-electron chi connectivity index (χ3n) is 2.63. The quantitative estimate of drug-likeness (QED) is 0.671. The third kappa shape index (κ3) is 5.53. The molecule has 0 aliphatic rings. The molecule has 2 aromatic rings. The Balaban J connectivity index is 2.18. The van der Waals surface area contributed by atoms with Crippen LogP contribution < -0.4 is 10.0 Å². The molecule has 0 saturated carbocycles. The number of aliphatic imine (C=N–C) groups is 1. The highest BCUT2D eigenvalue weighted by atomic mass is 32.2. The van der Waals surface area contributed by atoms with Gasteiger partial charge in [-0.3, -0.25) is 4.72 Å². The first kappa shape index (κ1) is 16.0. The van der Waals surface area contributed by atoms with Crippen molar-refractivity contribution in [2.75, 3.05) is 11.6 Å². The Morgan fingerprint density at radius 2 is 1.86 bits per heavy atom. The van der Waals surface area contributed by atoms with Gasteiger partial charge in [0.2, 0.25) is 16.0 Å². The number of nitrogens with zero attached hydrogens (tertiary/aromatic N) is 1. The van der Waals surface area contributed by atoms with E-state index in [1.165, 1.54) is 12.1 Å². The van der Waals surface area contributed by atoms with E-state index in [0.717, 1.165) is 6.26 Å². The third-order valence-corrected chi connectivity index (χ3v) is 3.19. The van der Waals surface area contributed by atoms with Gasteiger partial charge in [-0.1, -0.05) is 30.3 Å². The summed E-state index contributed by atoms with van der Waals surface area (Å²) in [6.07, 6.45) is 1.04. The van der Waals surface area contributed by atoms with E-state index < -0.39 is 10.0 Å². The zero-order valence-electron chi connectivity index (χ0n) is 12.0. The second kappa shape index (κ2) is 7.04. The molecule has 2 aromatic carbocycles. The maximum atomic E-state index is 13.1. The number of benzene rings is 2. The van der Waals surface area contributed by atoms with Crippen molar-refractivity contribution in [1.82, 2.24) is 4.72 Å². The first-order valence-corrected chi connectivity index (χ1v) is 8.40. The largest absolute Gasteiger partial charge is 0.326 e. The highest BCUT2D eigenvalue weighted by molar-refractivity contribution is 7.89. The second-order valence-corrected chi connectivity index (χ2v) is 6.41. The molecule has 116 valence electrons. The minimum Gasteiger partial charge on any atom is -0.326 e. The standard InChI is InChI=1S/C15H16FN3O2S/c1-22(20,21)19-15(18-14-8-3-2-4-9-14)17-11-12-6-5-7-13(16)10-12/h2-10H,11H2,1H3,(H2,17,18,19). The van der Waals surface area contributed by atoms with Gasteiger partial charge >= 0.3 is 0 Å². The lowest BCUT2D eigenvalue weighted by atomic mass is 10.2. The van der Waals surface area contributed by atoms with Crippen LogP contribution in [0, 0.1) is 5.82 Å². The smallest absolute Gasteiger partial charge is 0.232 e. The van der Waals surface area contributed by atoms with Crippen LogP contribution >= 0.6 is 0 Å². The van der Waals surface area contributed by atoms with Crippen LogP contribution in [0.25, 0.3) is 0 Å². The summed E-state index contributed by atoms with van der Waals surface area (Å²) >= 11 is 0. The summed E-state index contributed by atoms with van der Waals surface area (Å²) in [5.74, 6) is -0.278. The van der Waals surface area contributed by atoms with E-state index >= 15 is 0 Å². The van der Waals surface area contributed by atoms with Crippen molar-refractivity contribution in [2.45, 2.75) is 6.54 Å². The Kier molecular flexibility index (Phi) is 5.11. The molecule has 5 nitrogen and oxygen atoms in total. The van der Waals surface area contributed by atoms with Crippen molar-refractivity contribution in [1.29, 1.82) is 0 Å². The van der Waals surface area contributed by atoms with E-state index in [4.69, 9.17) is 0 Å². The monoisotopic (exact) mass is 321 g/mol. The van der Waals surface area contributed by atoms with Gasteiger partial charge in [0.25, 0.3) is 0 Å². The summed E-state index contributed by atoms with van der Waals surface area (Å²) in [4.78, 5) is 4.16. The number of rotatable bonds is 4. The number of halogens is 1. The van der Waals surface area contributed by atoms with E-state index in [1.807, 2.05) is 18.2 Å². The fourth-order valence-electron chi connectivity index (χ4n) is 1.74. The van der Waals surface area contributed by atoms with Crippen molar-refractivity contribution in [3.8, 4) is 0 Å². The van der Waals surface area contributed by atoms with Gasteiger partial charge in [-0.05, 0) is 29.8 Å². The molecule has 0 bridgehead atoms. The average molecular weight is 321 g/mol. The molecule has 0 atom stereocenters. The fraction of sp³-hybridized carbons (Fsp3) is 0.133. The molecular weight excluding hydrogens is 305 g/mol. The number of para-hydroxylation sites is 1. The van der Waals surface area contributed by atoms with Crippen LogP contribution in [-0.4, -0.2) is 20.6 Å². The minimum atomic E-state index is -3.47. The Hall–Kier alpha value is -2.41. The number of anilines is 1. The van der Waals surface area contributed by atoms with Gasteiger partial charge < -0.3 is 5.32 Å². The van der Waals surface area contributed by atoms with Gasteiger partial charge in [0.05, 0.1) is 12.8 Å². The molecule has 0 spiro atoms. The van der Waals surface area contributed by atoms with Crippen LogP contribution in [0.1, 0.15) is 5.56 Å². The summed E-state index contributed by atoms with van der Waals surface area (Å²) in [6, 6.07) is 15.0. The summed E-state index contributed by atoms with van der Waals surface area (Å²) in [6.45, 7) is 0.148. The molecule has 0 saturated heterocycles. The Morgan fingerprint density at radius 1 is 1.14 bits per heavy atom. The number of guanidine groups is 1. The molecule has 0 unspecified atom stereocenters.